The molecule has 0 radical (unpaired) electrons. The van der Waals surface area contributed by atoms with Gasteiger partial charge in [0.2, 0.25) is 0 Å². The van der Waals surface area contributed by atoms with Crippen LogP contribution < -0.4 is 0 Å². The van der Waals surface area contributed by atoms with Crippen molar-refractivity contribution in [3.8, 4) is 0 Å². The molecular formula is C8H9N3O2. The zero-order valence-electron chi connectivity index (χ0n) is 7.39. The Balaban J connectivity index is 2.92. The lowest BCUT2D eigenvalue weighted by atomic mass is 10.4. The van der Waals surface area contributed by atoms with Gasteiger partial charge in [0.15, 0.2) is 6.29 Å². The molecule has 0 spiro atoms. The second-order valence-corrected chi connectivity index (χ2v) is 2.64. The van der Waals surface area contributed by atoms with E-state index in [9.17, 15) is 9.59 Å². The van der Waals surface area contributed by atoms with Gasteiger partial charge < -0.3 is 4.90 Å². The molecule has 68 valence electrons. The molecule has 1 aromatic heterocycles. The van der Waals surface area contributed by atoms with E-state index in [1.807, 2.05) is 0 Å². The van der Waals surface area contributed by atoms with Crippen LogP contribution in [0, 0.1) is 0 Å². The van der Waals surface area contributed by atoms with Gasteiger partial charge in [0.25, 0.3) is 5.91 Å². The number of aromatic nitrogens is 2. The zero-order chi connectivity index (χ0) is 9.84. The van der Waals surface area contributed by atoms with Gasteiger partial charge in [-0.15, -0.1) is 0 Å². The van der Waals surface area contributed by atoms with Crippen LogP contribution in [0.15, 0.2) is 12.4 Å². The van der Waals surface area contributed by atoms with Gasteiger partial charge in [-0.3, -0.25) is 9.59 Å². The quantitative estimate of drug-likeness (QED) is 0.599. The van der Waals surface area contributed by atoms with Gasteiger partial charge in [-0.25, -0.2) is 9.97 Å². The van der Waals surface area contributed by atoms with E-state index in [2.05, 4.69) is 9.97 Å². The molecule has 0 bridgehead atoms. The van der Waals surface area contributed by atoms with E-state index in [-0.39, 0.29) is 17.3 Å². The third-order valence-corrected chi connectivity index (χ3v) is 1.42. The van der Waals surface area contributed by atoms with Gasteiger partial charge in [-0.05, 0) is 0 Å². The molecule has 0 saturated carbocycles. The van der Waals surface area contributed by atoms with E-state index < -0.39 is 0 Å². The van der Waals surface area contributed by atoms with Crippen molar-refractivity contribution in [2.75, 3.05) is 14.1 Å². The number of hydrogen-bond acceptors (Lipinski definition) is 4. The first-order chi connectivity index (χ1) is 6.15. The highest BCUT2D eigenvalue weighted by molar-refractivity contribution is 5.91. The summed E-state index contributed by atoms with van der Waals surface area (Å²) in [7, 11) is 3.25. The molecule has 5 heteroatoms. The molecule has 0 saturated heterocycles. The van der Waals surface area contributed by atoms with Gasteiger partial charge >= 0.3 is 0 Å². The highest BCUT2D eigenvalue weighted by Gasteiger charge is 2.09. The van der Waals surface area contributed by atoms with Gasteiger partial charge in [0, 0.05) is 14.1 Å². The smallest absolute Gasteiger partial charge is 0.273 e. The van der Waals surface area contributed by atoms with Crippen LogP contribution in [0.3, 0.4) is 0 Å². The third kappa shape index (κ3) is 2.08. The summed E-state index contributed by atoms with van der Waals surface area (Å²) in [6.45, 7) is 0. The summed E-state index contributed by atoms with van der Waals surface area (Å²) < 4.78 is 0. The van der Waals surface area contributed by atoms with Crippen molar-refractivity contribution in [1.82, 2.24) is 14.9 Å². The van der Waals surface area contributed by atoms with Crippen LogP contribution in [0.2, 0.25) is 0 Å². The second kappa shape index (κ2) is 3.75. The molecule has 0 aliphatic heterocycles. The Kier molecular flexibility index (Phi) is 2.69. The predicted molar refractivity (Wildman–Crippen MR) is 45.4 cm³/mol. The van der Waals surface area contributed by atoms with Crippen LogP contribution in [0.5, 0.6) is 0 Å². The normalized spacial score (nSPS) is 9.38. The molecule has 1 rings (SSSR count). The largest absolute Gasteiger partial charge is 0.343 e. The lowest BCUT2D eigenvalue weighted by Gasteiger charge is -2.08. The second-order valence-electron chi connectivity index (χ2n) is 2.64. The first kappa shape index (κ1) is 9.31. The standard InChI is InChI=1S/C8H9N3O2/c1-11(2)8(13)7-4-9-6(5-12)3-10-7/h3-5H,1-2H3. The van der Waals surface area contributed by atoms with Crippen LogP contribution in [-0.4, -0.2) is 41.2 Å². The fourth-order valence-electron chi connectivity index (χ4n) is 0.738. The maximum Gasteiger partial charge on any atom is 0.273 e. The first-order valence-electron chi connectivity index (χ1n) is 3.64. The SMILES string of the molecule is CN(C)C(=O)c1cnc(C=O)cn1. The van der Waals surface area contributed by atoms with E-state index in [0.29, 0.717) is 6.29 Å². The van der Waals surface area contributed by atoms with E-state index >= 15 is 0 Å². The zero-order valence-corrected chi connectivity index (χ0v) is 7.39. The molecule has 13 heavy (non-hydrogen) atoms. The van der Waals surface area contributed by atoms with Gasteiger partial charge in [-0.2, -0.15) is 0 Å². The van der Waals surface area contributed by atoms with Crippen molar-refractivity contribution in [1.29, 1.82) is 0 Å². The maximum atomic E-state index is 11.3. The van der Waals surface area contributed by atoms with Crippen molar-refractivity contribution in [2.45, 2.75) is 0 Å². The Morgan fingerprint density at radius 1 is 1.38 bits per heavy atom. The minimum absolute atomic E-state index is 0.218. The molecule has 0 N–H and O–H groups in total. The molecule has 5 nitrogen and oxygen atoms in total. The molecule has 0 aromatic carbocycles. The highest BCUT2D eigenvalue weighted by Crippen LogP contribution is 1.96. The Hall–Kier alpha value is -1.78. The Bertz CT molecular complexity index is 319. The molecule has 0 atom stereocenters. The minimum Gasteiger partial charge on any atom is -0.343 e. The van der Waals surface area contributed by atoms with Crippen LogP contribution in [0.1, 0.15) is 21.0 Å². The topological polar surface area (TPSA) is 63.2 Å². The Morgan fingerprint density at radius 3 is 2.46 bits per heavy atom. The average Bonchev–Trinajstić information content (AvgIpc) is 2.17. The number of carbonyl (C=O) groups excluding carboxylic acids is 2. The van der Waals surface area contributed by atoms with Crippen molar-refractivity contribution in [3.63, 3.8) is 0 Å². The van der Waals surface area contributed by atoms with Crippen LogP contribution in [-0.2, 0) is 0 Å². The first-order valence-corrected chi connectivity index (χ1v) is 3.64. The van der Waals surface area contributed by atoms with E-state index in [1.165, 1.54) is 17.3 Å². The summed E-state index contributed by atoms with van der Waals surface area (Å²) in [6, 6.07) is 0. The number of rotatable bonds is 2. The monoisotopic (exact) mass is 179 g/mol. The van der Waals surface area contributed by atoms with Crippen molar-refractivity contribution in [2.24, 2.45) is 0 Å². The van der Waals surface area contributed by atoms with E-state index in [4.69, 9.17) is 0 Å². The lowest BCUT2D eigenvalue weighted by Crippen LogP contribution is -2.23. The molecule has 1 heterocycles. The summed E-state index contributed by atoms with van der Waals surface area (Å²) in [5.41, 5.74) is 0.450. The maximum absolute atomic E-state index is 11.3. The fraction of sp³-hybridized carbons (Fsp3) is 0.250. The average molecular weight is 179 g/mol. The predicted octanol–water partition coefficient (Wildman–Crippen LogP) is -0.00910. The molecule has 0 aliphatic carbocycles. The fourth-order valence-corrected chi connectivity index (χ4v) is 0.738. The van der Waals surface area contributed by atoms with Gasteiger partial charge in [0.05, 0.1) is 12.4 Å². The number of hydrogen-bond donors (Lipinski definition) is 0. The highest BCUT2D eigenvalue weighted by atomic mass is 16.2. The summed E-state index contributed by atoms with van der Waals surface area (Å²) in [5.74, 6) is -0.232. The molecule has 0 fully saturated rings. The minimum atomic E-state index is -0.232. The van der Waals surface area contributed by atoms with Crippen molar-refractivity contribution >= 4 is 12.2 Å². The summed E-state index contributed by atoms with van der Waals surface area (Å²) in [4.78, 5) is 30.4. The molecule has 1 amide bonds. The van der Waals surface area contributed by atoms with E-state index in [0.717, 1.165) is 0 Å². The van der Waals surface area contributed by atoms with Crippen LogP contribution in [0.25, 0.3) is 0 Å². The number of aldehydes is 1. The van der Waals surface area contributed by atoms with Crippen molar-refractivity contribution < 1.29 is 9.59 Å². The molecule has 1 aromatic rings. The number of amides is 1. The van der Waals surface area contributed by atoms with Gasteiger partial charge in [0.1, 0.15) is 11.4 Å². The van der Waals surface area contributed by atoms with Crippen molar-refractivity contribution in [3.05, 3.63) is 23.8 Å². The number of carbonyl (C=O) groups is 2. The third-order valence-electron chi connectivity index (χ3n) is 1.42. The molecule has 0 unspecified atom stereocenters. The summed E-state index contributed by atoms with van der Waals surface area (Å²) in [5, 5.41) is 0. The van der Waals surface area contributed by atoms with Crippen LogP contribution >= 0.6 is 0 Å². The lowest BCUT2D eigenvalue weighted by molar-refractivity contribution is 0.0821. The molecule has 0 aliphatic rings. The summed E-state index contributed by atoms with van der Waals surface area (Å²) in [6.07, 6.45) is 3.13. The Morgan fingerprint density at radius 2 is 2.08 bits per heavy atom. The van der Waals surface area contributed by atoms with E-state index in [1.54, 1.807) is 14.1 Å². The summed E-state index contributed by atoms with van der Waals surface area (Å²) >= 11 is 0. The van der Waals surface area contributed by atoms with Crippen LogP contribution in [0.4, 0.5) is 0 Å². The van der Waals surface area contributed by atoms with Gasteiger partial charge in [-0.1, -0.05) is 0 Å². The number of nitrogens with zero attached hydrogens (tertiary/aromatic N) is 3. The Labute approximate surface area is 75.4 Å². The molecular weight excluding hydrogens is 170 g/mol.